The predicted molar refractivity (Wildman–Crippen MR) is 98.6 cm³/mol. The van der Waals surface area contributed by atoms with E-state index in [2.05, 4.69) is 0 Å². The van der Waals surface area contributed by atoms with Crippen LogP contribution in [0, 0.1) is 19.8 Å². The van der Waals surface area contributed by atoms with Gasteiger partial charge in [-0.3, -0.25) is 9.59 Å². The second-order valence-corrected chi connectivity index (χ2v) is 7.03. The first kappa shape index (κ1) is 19.3. The van der Waals surface area contributed by atoms with Crippen LogP contribution in [0.2, 0.25) is 0 Å². The summed E-state index contributed by atoms with van der Waals surface area (Å²) >= 11 is 0. The van der Waals surface area contributed by atoms with Gasteiger partial charge in [-0.05, 0) is 31.4 Å². The first-order valence-corrected chi connectivity index (χ1v) is 9.15. The van der Waals surface area contributed by atoms with E-state index in [1.807, 2.05) is 55.7 Å². The Labute approximate surface area is 150 Å². The molecule has 0 aliphatic carbocycles. The number of piperazine rings is 1. The molecule has 0 atom stereocenters. The third kappa shape index (κ3) is 5.21. The van der Waals surface area contributed by atoms with Gasteiger partial charge >= 0.3 is 0 Å². The fraction of sp³-hybridized carbons (Fsp3) is 0.600. The highest BCUT2D eigenvalue weighted by Crippen LogP contribution is 2.22. The highest BCUT2D eigenvalue weighted by atomic mass is 16.5. The van der Waals surface area contributed by atoms with E-state index in [9.17, 15) is 9.59 Å². The fourth-order valence-electron chi connectivity index (χ4n) is 3.12. The van der Waals surface area contributed by atoms with Gasteiger partial charge in [0.1, 0.15) is 5.75 Å². The average Bonchev–Trinajstić information content (AvgIpc) is 2.60. The van der Waals surface area contributed by atoms with Crippen LogP contribution < -0.4 is 4.74 Å². The maximum atomic E-state index is 12.3. The maximum Gasteiger partial charge on any atom is 0.225 e. The van der Waals surface area contributed by atoms with Gasteiger partial charge in [-0.2, -0.15) is 0 Å². The molecule has 1 aliphatic rings. The molecule has 1 aromatic carbocycles. The maximum absolute atomic E-state index is 12.3. The topological polar surface area (TPSA) is 49.9 Å². The van der Waals surface area contributed by atoms with E-state index in [1.54, 1.807) is 0 Å². The van der Waals surface area contributed by atoms with Crippen molar-refractivity contribution in [1.82, 2.24) is 9.80 Å². The second-order valence-electron chi connectivity index (χ2n) is 7.03. The molecular weight excluding hydrogens is 316 g/mol. The minimum Gasteiger partial charge on any atom is -0.493 e. The average molecular weight is 346 g/mol. The summed E-state index contributed by atoms with van der Waals surface area (Å²) in [5, 5.41) is 0. The number of aryl methyl sites for hydroxylation is 2. The molecule has 2 rings (SSSR count). The summed E-state index contributed by atoms with van der Waals surface area (Å²) in [6.45, 7) is 11.0. The summed E-state index contributed by atoms with van der Waals surface area (Å²) in [5.74, 6) is 1.27. The number of rotatable bonds is 6. The molecule has 0 N–H and O–H groups in total. The lowest BCUT2D eigenvalue weighted by atomic mass is 10.1. The van der Waals surface area contributed by atoms with E-state index < -0.39 is 0 Å². The van der Waals surface area contributed by atoms with Gasteiger partial charge in [0.15, 0.2) is 0 Å². The zero-order valence-electron chi connectivity index (χ0n) is 15.9. The van der Waals surface area contributed by atoms with Crippen LogP contribution in [0.3, 0.4) is 0 Å². The number of carbonyl (C=O) groups is 2. The monoisotopic (exact) mass is 346 g/mol. The van der Waals surface area contributed by atoms with Crippen molar-refractivity contribution in [3.8, 4) is 5.75 Å². The molecule has 1 saturated heterocycles. The largest absolute Gasteiger partial charge is 0.493 e. The van der Waals surface area contributed by atoms with Crippen LogP contribution in [0.1, 0.15) is 37.8 Å². The quantitative estimate of drug-likeness (QED) is 0.744. The third-order valence-electron chi connectivity index (χ3n) is 4.63. The molecule has 0 spiro atoms. The number of hydrogen-bond donors (Lipinski definition) is 0. The Morgan fingerprint density at radius 1 is 1.04 bits per heavy atom. The lowest BCUT2D eigenvalue weighted by Gasteiger charge is -2.35. The van der Waals surface area contributed by atoms with Crippen molar-refractivity contribution >= 4 is 11.8 Å². The van der Waals surface area contributed by atoms with Crippen LogP contribution in [-0.2, 0) is 9.59 Å². The summed E-state index contributed by atoms with van der Waals surface area (Å²) in [6.07, 6.45) is 1.20. The van der Waals surface area contributed by atoms with E-state index in [1.165, 1.54) is 0 Å². The summed E-state index contributed by atoms with van der Waals surface area (Å²) in [4.78, 5) is 28.0. The molecule has 25 heavy (non-hydrogen) atoms. The van der Waals surface area contributed by atoms with Crippen molar-refractivity contribution in [1.29, 1.82) is 0 Å². The minimum atomic E-state index is 0.0179. The van der Waals surface area contributed by atoms with Crippen molar-refractivity contribution in [3.63, 3.8) is 0 Å². The summed E-state index contributed by atoms with van der Waals surface area (Å²) in [7, 11) is 0. The molecule has 1 heterocycles. The number of carbonyl (C=O) groups excluding carboxylic acids is 2. The molecule has 5 heteroatoms. The molecule has 1 fully saturated rings. The molecule has 0 unspecified atom stereocenters. The van der Waals surface area contributed by atoms with E-state index in [-0.39, 0.29) is 17.7 Å². The number of benzene rings is 1. The molecule has 0 bridgehead atoms. The highest BCUT2D eigenvalue weighted by molar-refractivity contribution is 5.79. The molecule has 1 aromatic rings. The molecule has 138 valence electrons. The van der Waals surface area contributed by atoms with Crippen molar-refractivity contribution < 1.29 is 14.3 Å². The molecule has 5 nitrogen and oxygen atoms in total. The number of para-hydroxylation sites is 1. The molecule has 0 aromatic heterocycles. The Morgan fingerprint density at radius 2 is 1.60 bits per heavy atom. The summed E-state index contributed by atoms with van der Waals surface area (Å²) < 4.78 is 5.86. The van der Waals surface area contributed by atoms with Crippen molar-refractivity contribution in [2.24, 2.45) is 5.92 Å². The Hall–Kier alpha value is -2.04. The van der Waals surface area contributed by atoms with Gasteiger partial charge in [-0.15, -0.1) is 0 Å². The highest BCUT2D eigenvalue weighted by Gasteiger charge is 2.24. The first-order chi connectivity index (χ1) is 11.9. The molecule has 0 saturated carbocycles. The predicted octanol–water partition coefficient (Wildman–Crippen LogP) is 2.79. The summed E-state index contributed by atoms with van der Waals surface area (Å²) in [6, 6.07) is 6.08. The Balaban J connectivity index is 1.70. The van der Waals surface area contributed by atoms with Crippen molar-refractivity contribution in [3.05, 3.63) is 29.3 Å². The zero-order chi connectivity index (χ0) is 18.4. The second kappa shape index (κ2) is 8.88. The lowest BCUT2D eigenvalue weighted by molar-refractivity contribution is -0.141. The van der Waals surface area contributed by atoms with E-state index in [0.29, 0.717) is 45.6 Å². The van der Waals surface area contributed by atoms with E-state index in [0.717, 1.165) is 16.9 Å². The van der Waals surface area contributed by atoms with Gasteiger partial charge in [-0.1, -0.05) is 32.0 Å². The Morgan fingerprint density at radius 3 is 2.16 bits per heavy atom. The van der Waals surface area contributed by atoms with Crippen LogP contribution in [0.15, 0.2) is 18.2 Å². The van der Waals surface area contributed by atoms with Crippen LogP contribution >= 0.6 is 0 Å². The minimum absolute atomic E-state index is 0.0179. The van der Waals surface area contributed by atoms with Crippen LogP contribution in [-0.4, -0.2) is 54.4 Å². The standard InChI is InChI=1S/C20H30N2O3/c1-15(2)20(24)22-12-10-21(11-13-22)18(23)9-6-14-25-19-16(3)7-5-8-17(19)4/h5,7-8,15H,6,9-14H2,1-4H3. The smallest absolute Gasteiger partial charge is 0.225 e. The molecule has 1 aliphatic heterocycles. The lowest BCUT2D eigenvalue weighted by Crippen LogP contribution is -2.51. The van der Waals surface area contributed by atoms with E-state index >= 15 is 0 Å². The van der Waals surface area contributed by atoms with Crippen LogP contribution in [0.4, 0.5) is 0 Å². The Kier molecular flexibility index (Phi) is 6.85. The number of nitrogens with zero attached hydrogens (tertiary/aromatic N) is 2. The van der Waals surface area contributed by atoms with Gasteiger partial charge in [0.25, 0.3) is 0 Å². The molecular formula is C20H30N2O3. The van der Waals surface area contributed by atoms with Crippen LogP contribution in [0.25, 0.3) is 0 Å². The summed E-state index contributed by atoms with van der Waals surface area (Å²) in [5.41, 5.74) is 2.24. The fourth-order valence-corrected chi connectivity index (χ4v) is 3.12. The number of hydrogen-bond acceptors (Lipinski definition) is 3. The third-order valence-corrected chi connectivity index (χ3v) is 4.63. The zero-order valence-corrected chi connectivity index (χ0v) is 15.9. The number of ether oxygens (including phenoxy) is 1. The van der Waals surface area contributed by atoms with Crippen molar-refractivity contribution in [2.45, 2.75) is 40.5 Å². The van der Waals surface area contributed by atoms with E-state index in [4.69, 9.17) is 4.74 Å². The molecule has 0 radical (unpaired) electrons. The number of amides is 2. The van der Waals surface area contributed by atoms with Gasteiger partial charge in [0.05, 0.1) is 6.61 Å². The Bertz CT molecular complexity index is 585. The molecule has 2 amide bonds. The van der Waals surface area contributed by atoms with Crippen LogP contribution in [0.5, 0.6) is 5.75 Å². The van der Waals surface area contributed by atoms with Crippen molar-refractivity contribution in [2.75, 3.05) is 32.8 Å². The SMILES string of the molecule is Cc1cccc(C)c1OCCCC(=O)N1CCN(C(=O)C(C)C)CC1. The van der Waals surface area contributed by atoms with Gasteiger partial charge in [0, 0.05) is 38.5 Å². The van der Waals surface area contributed by atoms with Gasteiger partial charge in [-0.25, -0.2) is 0 Å². The normalized spacial score (nSPS) is 14.8. The first-order valence-electron chi connectivity index (χ1n) is 9.15. The van der Waals surface area contributed by atoms with Gasteiger partial charge < -0.3 is 14.5 Å². The van der Waals surface area contributed by atoms with Gasteiger partial charge in [0.2, 0.25) is 11.8 Å².